The Kier molecular flexibility index (Phi) is 3.92. The van der Waals surface area contributed by atoms with Crippen molar-refractivity contribution in [3.8, 4) is 0 Å². The van der Waals surface area contributed by atoms with E-state index in [1.54, 1.807) is 0 Å². The van der Waals surface area contributed by atoms with Gasteiger partial charge in [-0.15, -0.1) is 11.3 Å². The minimum atomic E-state index is 0.279. The lowest BCUT2D eigenvalue weighted by atomic mass is 9.76. The van der Waals surface area contributed by atoms with E-state index in [0.29, 0.717) is 6.10 Å². The number of aryl methyl sites for hydroxylation is 1. The quantitative estimate of drug-likeness (QED) is 0.870. The Labute approximate surface area is 119 Å². The standard InChI is InChI=1S/C15H24N2OS/c1-3-16-10-15(8-13-17-11(2)9-19-13)6-7-18-14(15)12-4-5-12/h9,12,14,16H,3-8,10H2,1-2H3. The highest BCUT2D eigenvalue weighted by Gasteiger charge is 2.50. The molecular formula is C15H24N2OS. The Balaban J connectivity index is 1.78. The van der Waals surface area contributed by atoms with E-state index in [2.05, 4.69) is 29.5 Å². The van der Waals surface area contributed by atoms with Crippen molar-refractivity contribution >= 4 is 11.3 Å². The molecule has 1 saturated heterocycles. The molecular weight excluding hydrogens is 256 g/mol. The molecule has 2 atom stereocenters. The average molecular weight is 280 g/mol. The minimum Gasteiger partial charge on any atom is -0.377 e. The van der Waals surface area contributed by atoms with Crippen LogP contribution in [0.15, 0.2) is 5.38 Å². The SMILES string of the molecule is CCNCC1(Cc2nc(C)cs2)CCOC1C1CC1. The lowest BCUT2D eigenvalue weighted by molar-refractivity contribution is 0.0308. The molecule has 2 unspecified atom stereocenters. The van der Waals surface area contributed by atoms with Gasteiger partial charge in [-0.2, -0.15) is 0 Å². The second-order valence-corrected chi connectivity index (χ2v) is 7.02. The van der Waals surface area contributed by atoms with Crippen molar-refractivity contribution in [1.29, 1.82) is 0 Å². The Morgan fingerprint density at radius 2 is 2.37 bits per heavy atom. The van der Waals surface area contributed by atoms with Gasteiger partial charge in [-0.05, 0) is 38.6 Å². The van der Waals surface area contributed by atoms with Gasteiger partial charge in [0.25, 0.3) is 0 Å². The van der Waals surface area contributed by atoms with Gasteiger partial charge in [-0.25, -0.2) is 4.98 Å². The summed E-state index contributed by atoms with van der Waals surface area (Å²) >= 11 is 1.81. The van der Waals surface area contributed by atoms with E-state index in [9.17, 15) is 0 Å². The maximum absolute atomic E-state index is 6.11. The zero-order valence-electron chi connectivity index (χ0n) is 11.9. The van der Waals surface area contributed by atoms with Crippen LogP contribution >= 0.6 is 11.3 Å². The van der Waals surface area contributed by atoms with Crippen molar-refractivity contribution < 1.29 is 4.74 Å². The molecule has 1 aliphatic heterocycles. The number of rotatable bonds is 6. The third kappa shape index (κ3) is 2.86. The van der Waals surface area contributed by atoms with E-state index in [-0.39, 0.29) is 5.41 Å². The molecule has 3 nitrogen and oxygen atoms in total. The van der Waals surface area contributed by atoms with Gasteiger partial charge in [0.2, 0.25) is 0 Å². The summed E-state index contributed by atoms with van der Waals surface area (Å²) in [5, 5.41) is 7.02. The molecule has 0 bridgehead atoms. The fourth-order valence-electron chi connectivity index (χ4n) is 3.34. The van der Waals surface area contributed by atoms with Crippen molar-refractivity contribution in [3.63, 3.8) is 0 Å². The number of thiazole rings is 1. The Hall–Kier alpha value is -0.450. The summed E-state index contributed by atoms with van der Waals surface area (Å²) in [5.74, 6) is 0.808. The minimum absolute atomic E-state index is 0.279. The Bertz CT molecular complexity index is 430. The molecule has 1 aromatic heterocycles. The molecule has 1 N–H and O–H groups in total. The van der Waals surface area contributed by atoms with E-state index in [1.165, 1.54) is 24.3 Å². The van der Waals surface area contributed by atoms with E-state index < -0.39 is 0 Å². The van der Waals surface area contributed by atoms with Gasteiger partial charge in [0.15, 0.2) is 0 Å². The zero-order chi connectivity index (χ0) is 13.3. The lowest BCUT2D eigenvalue weighted by Crippen LogP contribution is -2.43. The van der Waals surface area contributed by atoms with Crippen molar-refractivity contribution in [2.45, 2.75) is 45.6 Å². The fraction of sp³-hybridized carbons (Fsp3) is 0.800. The number of ether oxygens (including phenoxy) is 1. The number of nitrogens with one attached hydrogen (secondary N) is 1. The van der Waals surface area contributed by atoms with E-state index in [4.69, 9.17) is 4.74 Å². The lowest BCUT2D eigenvalue weighted by Gasteiger charge is -2.34. The highest BCUT2D eigenvalue weighted by Crippen LogP contribution is 2.49. The van der Waals surface area contributed by atoms with Gasteiger partial charge >= 0.3 is 0 Å². The van der Waals surface area contributed by atoms with Crippen LogP contribution in [0.1, 0.15) is 36.9 Å². The zero-order valence-corrected chi connectivity index (χ0v) is 12.8. The maximum atomic E-state index is 6.11. The first kappa shape index (κ1) is 13.5. The van der Waals surface area contributed by atoms with E-state index in [0.717, 1.165) is 37.7 Å². The molecule has 106 valence electrons. The van der Waals surface area contributed by atoms with Gasteiger partial charge in [-0.1, -0.05) is 6.92 Å². The molecule has 2 fully saturated rings. The summed E-state index contributed by atoms with van der Waals surface area (Å²) in [6, 6.07) is 0. The van der Waals surface area contributed by atoms with Gasteiger partial charge in [0.1, 0.15) is 0 Å². The highest BCUT2D eigenvalue weighted by atomic mass is 32.1. The molecule has 0 spiro atoms. The number of nitrogens with zero attached hydrogens (tertiary/aromatic N) is 1. The van der Waals surface area contributed by atoms with Crippen molar-refractivity contribution in [2.75, 3.05) is 19.7 Å². The average Bonchev–Trinajstić information content (AvgIpc) is 3.04. The molecule has 1 aliphatic carbocycles. The molecule has 19 heavy (non-hydrogen) atoms. The van der Waals surface area contributed by atoms with Crippen LogP contribution in [-0.4, -0.2) is 30.8 Å². The molecule has 3 rings (SSSR count). The van der Waals surface area contributed by atoms with Crippen LogP contribution in [0.5, 0.6) is 0 Å². The third-order valence-corrected chi connectivity index (χ3v) is 5.41. The number of hydrogen-bond donors (Lipinski definition) is 1. The predicted molar refractivity (Wildman–Crippen MR) is 78.6 cm³/mol. The van der Waals surface area contributed by atoms with Gasteiger partial charge in [0.05, 0.1) is 11.1 Å². The largest absolute Gasteiger partial charge is 0.377 e. The first-order valence-electron chi connectivity index (χ1n) is 7.47. The summed E-state index contributed by atoms with van der Waals surface area (Å²) in [6.45, 7) is 7.31. The van der Waals surface area contributed by atoms with Crippen LogP contribution in [0.3, 0.4) is 0 Å². The first-order valence-corrected chi connectivity index (χ1v) is 8.35. The Morgan fingerprint density at radius 3 is 3.00 bits per heavy atom. The van der Waals surface area contributed by atoms with Crippen LogP contribution < -0.4 is 5.32 Å². The fourth-order valence-corrected chi connectivity index (χ4v) is 4.27. The molecule has 0 radical (unpaired) electrons. The first-order chi connectivity index (χ1) is 9.23. The number of hydrogen-bond acceptors (Lipinski definition) is 4. The van der Waals surface area contributed by atoms with Crippen LogP contribution in [0.2, 0.25) is 0 Å². The normalized spacial score (nSPS) is 30.9. The predicted octanol–water partition coefficient (Wildman–Crippen LogP) is 2.79. The van der Waals surface area contributed by atoms with Crippen LogP contribution in [0.4, 0.5) is 0 Å². The molecule has 4 heteroatoms. The van der Waals surface area contributed by atoms with Crippen LogP contribution in [0.25, 0.3) is 0 Å². The topological polar surface area (TPSA) is 34.2 Å². The molecule has 1 saturated carbocycles. The highest BCUT2D eigenvalue weighted by molar-refractivity contribution is 7.09. The van der Waals surface area contributed by atoms with E-state index in [1.807, 2.05) is 11.3 Å². The van der Waals surface area contributed by atoms with Gasteiger partial charge in [0, 0.05) is 36.1 Å². The summed E-state index contributed by atoms with van der Waals surface area (Å²) in [7, 11) is 0. The number of aromatic nitrogens is 1. The summed E-state index contributed by atoms with van der Waals surface area (Å²) in [6.07, 6.45) is 5.43. The van der Waals surface area contributed by atoms with E-state index >= 15 is 0 Å². The van der Waals surface area contributed by atoms with Crippen LogP contribution in [0, 0.1) is 18.3 Å². The van der Waals surface area contributed by atoms with Crippen molar-refractivity contribution in [1.82, 2.24) is 10.3 Å². The Morgan fingerprint density at radius 1 is 1.53 bits per heavy atom. The third-order valence-electron chi connectivity index (χ3n) is 4.45. The summed E-state index contributed by atoms with van der Waals surface area (Å²) in [5.41, 5.74) is 1.43. The molecule has 1 aromatic rings. The van der Waals surface area contributed by atoms with Gasteiger partial charge in [-0.3, -0.25) is 0 Å². The summed E-state index contributed by atoms with van der Waals surface area (Å²) < 4.78 is 6.11. The summed E-state index contributed by atoms with van der Waals surface area (Å²) in [4.78, 5) is 4.68. The monoisotopic (exact) mass is 280 g/mol. The molecule has 2 heterocycles. The maximum Gasteiger partial charge on any atom is 0.0935 e. The molecule has 0 aromatic carbocycles. The van der Waals surface area contributed by atoms with Gasteiger partial charge < -0.3 is 10.1 Å². The molecule has 2 aliphatic rings. The smallest absolute Gasteiger partial charge is 0.0935 e. The van der Waals surface area contributed by atoms with Crippen molar-refractivity contribution in [3.05, 3.63) is 16.1 Å². The van der Waals surface area contributed by atoms with Crippen molar-refractivity contribution in [2.24, 2.45) is 11.3 Å². The second kappa shape index (κ2) is 5.51. The second-order valence-electron chi connectivity index (χ2n) is 6.08. The van der Waals surface area contributed by atoms with Crippen LogP contribution in [-0.2, 0) is 11.2 Å². The molecule has 0 amide bonds.